The first-order valence-electron chi connectivity index (χ1n) is 11.2. The summed E-state index contributed by atoms with van der Waals surface area (Å²) in [6.07, 6.45) is 1.75. The van der Waals surface area contributed by atoms with Crippen LogP contribution in [0.2, 0.25) is 0 Å². The molecule has 0 saturated carbocycles. The summed E-state index contributed by atoms with van der Waals surface area (Å²) in [5, 5.41) is 2.91. The van der Waals surface area contributed by atoms with E-state index < -0.39 is 0 Å². The van der Waals surface area contributed by atoms with Gasteiger partial charge in [0.2, 0.25) is 11.8 Å². The lowest BCUT2D eigenvalue weighted by atomic mass is 10.0. The van der Waals surface area contributed by atoms with Crippen LogP contribution in [0, 0.1) is 5.82 Å². The minimum Gasteiger partial charge on any atom is -0.476 e. The zero-order valence-corrected chi connectivity index (χ0v) is 18.5. The van der Waals surface area contributed by atoms with Gasteiger partial charge in [0.1, 0.15) is 12.4 Å². The van der Waals surface area contributed by atoms with Crippen LogP contribution in [-0.4, -0.2) is 55.2 Å². The molecule has 0 atom stereocenters. The number of benzene rings is 2. The van der Waals surface area contributed by atoms with Crippen LogP contribution in [0.15, 0.2) is 66.9 Å². The highest BCUT2D eigenvalue weighted by atomic mass is 19.1. The normalized spacial score (nSPS) is 14.1. The zero-order chi connectivity index (χ0) is 22.9. The average molecular weight is 450 g/mol. The lowest BCUT2D eigenvalue weighted by Crippen LogP contribution is -2.38. The summed E-state index contributed by atoms with van der Waals surface area (Å²) in [7, 11) is 0. The highest BCUT2D eigenvalue weighted by molar-refractivity contribution is 5.78. The molecule has 0 bridgehead atoms. The van der Waals surface area contributed by atoms with Crippen LogP contribution >= 0.6 is 0 Å². The molecular weight excluding hydrogens is 421 g/mol. The molecule has 6 nitrogen and oxygen atoms in total. The number of carbonyl (C=O) groups is 1. The average Bonchev–Trinajstić information content (AvgIpc) is 2.85. The SMILES string of the molecule is O=C(Cc1ccc(-c2cnc(OCCN3CCOCC3)cc2F)cc1)NCc1ccccc1. The molecule has 1 amide bonds. The van der Waals surface area contributed by atoms with E-state index in [1.54, 1.807) is 12.1 Å². The van der Waals surface area contributed by atoms with E-state index in [9.17, 15) is 9.18 Å². The Bertz CT molecular complexity index is 1040. The van der Waals surface area contributed by atoms with Gasteiger partial charge in [-0.2, -0.15) is 0 Å². The molecule has 0 aliphatic carbocycles. The number of halogens is 1. The largest absolute Gasteiger partial charge is 0.476 e. The molecule has 1 aliphatic rings. The van der Waals surface area contributed by atoms with Crippen LogP contribution in [0.1, 0.15) is 11.1 Å². The predicted octanol–water partition coefficient (Wildman–Crippen LogP) is 3.46. The lowest BCUT2D eigenvalue weighted by Gasteiger charge is -2.26. The number of amides is 1. The molecule has 3 aromatic rings. The van der Waals surface area contributed by atoms with E-state index in [1.165, 1.54) is 12.3 Å². The van der Waals surface area contributed by atoms with Crippen LogP contribution < -0.4 is 10.1 Å². The van der Waals surface area contributed by atoms with Gasteiger partial charge < -0.3 is 14.8 Å². The van der Waals surface area contributed by atoms with E-state index in [2.05, 4.69) is 15.2 Å². The topological polar surface area (TPSA) is 63.7 Å². The first kappa shape index (κ1) is 22.9. The van der Waals surface area contributed by atoms with Crippen molar-refractivity contribution in [3.63, 3.8) is 0 Å². The Morgan fingerprint density at radius 3 is 2.55 bits per heavy atom. The number of nitrogens with one attached hydrogen (secondary N) is 1. The van der Waals surface area contributed by atoms with Crippen molar-refractivity contribution in [3.05, 3.63) is 83.8 Å². The van der Waals surface area contributed by atoms with Gasteiger partial charge in [-0.15, -0.1) is 0 Å². The smallest absolute Gasteiger partial charge is 0.224 e. The molecule has 1 aliphatic heterocycles. The second-order valence-electron chi connectivity index (χ2n) is 7.94. The summed E-state index contributed by atoms with van der Waals surface area (Å²) in [6.45, 7) is 4.94. The Morgan fingerprint density at radius 1 is 1.06 bits per heavy atom. The number of hydrogen-bond donors (Lipinski definition) is 1. The van der Waals surface area contributed by atoms with Crippen molar-refractivity contribution in [1.29, 1.82) is 0 Å². The third-order valence-corrected chi connectivity index (χ3v) is 5.55. The van der Waals surface area contributed by atoms with Crippen LogP contribution in [0.4, 0.5) is 4.39 Å². The molecule has 2 aromatic carbocycles. The molecule has 1 N–H and O–H groups in total. The molecule has 1 fully saturated rings. The van der Waals surface area contributed by atoms with E-state index in [0.717, 1.165) is 44.0 Å². The minimum absolute atomic E-state index is 0.0574. The van der Waals surface area contributed by atoms with Crippen molar-refractivity contribution >= 4 is 5.91 Å². The molecule has 172 valence electrons. The summed E-state index contributed by atoms with van der Waals surface area (Å²) in [5.74, 6) is -0.172. The maximum Gasteiger partial charge on any atom is 0.224 e. The Labute approximate surface area is 193 Å². The van der Waals surface area contributed by atoms with Crippen LogP contribution in [0.3, 0.4) is 0 Å². The van der Waals surface area contributed by atoms with E-state index in [4.69, 9.17) is 9.47 Å². The standard InChI is InChI=1S/C26H28FN3O3/c27-24-17-26(33-15-12-30-10-13-32-14-11-30)29-19-23(24)22-8-6-20(7-9-22)16-25(31)28-18-21-4-2-1-3-5-21/h1-9,17,19H,10-16,18H2,(H,28,31). The molecule has 4 rings (SSSR count). The summed E-state index contributed by atoms with van der Waals surface area (Å²) < 4.78 is 25.6. The Hall–Kier alpha value is -3.29. The number of rotatable bonds is 9. The Balaban J connectivity index is 1.28. The lowest BCUT2D eigenvalue weighted by molar-refractivity contribution is -0.120. The van der Waals surface area contributed by atoms with Crippen LogP contribution in [0.5, 0.6) is 5.88 Å². The summed E-state index contributed by atoms with van der Waals surface area (Å²) in [4.78, 5) is 18.7. The monoisotopic (exact) mass is 449 g/mol. The number of nitrogens with zero attached hydrogens (tertiary/aromatic N) is 2. The first-order chi connectivity index (χ1) is 16.2. The molecule has 2 heterocycles. The minimum atomic E-state index is -0.389. The predicted molar refractivity (Wildman–Crippen MR) is 124 cm³/mol. The van der Waals surface area contributed by atoms with E-state index in [1.807, 2.05) is 42.5 Å². The van der Waals surface area contributed by atoms with Crippen LogP contribution in [-0.2, 0) is 22.5 Å². The van der Waals surface area contributed by atoms with E-state index >= 15 is 0 Å². The van der Waals surface area contributed by atoms with Gasteiger partial charge >= 0.3 is 0 Å². The molecule has 1 aromatic heterocycles. The second-order valence-corrected chi connectivity index (χ2v) is 7.94. The van der Waals surface area contributed by atoms with Crippen molar-refractivity contribution in [2.75, 3.05) is 39.5 Å². The van der Waals surface area contributed by atoms with E-state index in [-0.39, 0.29) is 24.0 Å². The highest BCUT2D eigenvalue weighted by Gasteiger charge is 2.12. The van der Waals surface area contributed by atoms with Gasteiger partial charge in [0, 0.05) is 44.0 Å². The van der Waals surface area contributed by atoms with Gasteiger partial charge in [-0.3, -0.25) is 9.69 Å². The van der Waals surface area contributed by atoms with Crippen LogP contribution in [0.25, 0.3) is 11.1 Å². The molecule has 0 unspecified atom stereocenters. The van der Waals surface area contributed by atoms with Crippen molar-refractivity contribution < 1.29 is 18.7 Å². The van der Waals surface area contributed by atoms with Gasteiger partial charge in [-0.25, -0.2) is 9.37 Å². The molecule has 7 heteroatoms. The summed E-state index contributed by atoms with van der Waals surface area (Å²) in [6, 6.07) is 18.4. The Kier molecular flexibility index (Phi) is 8.00. The molecule has 33 heavy (non-hydrogen) atoms. The fraction of sp³-hybridized carbons (Fsp3) is 0.308. The van der Waals surface area contributed by atoms with Crippen molar-refractivity contribution in [2.24, 2.45) is 0 Å². The maximum absolute atomic E-state index is 14.7. The van der Waals surface area contributed by atoms with Gasteiger partial charge in [0.15, 0.2) is 0 Å². The van der Waals surface area contributed by atoms with Crippen molar-refractivity contribution in [2.45, 2.75) is 13.0 Å². The van der Waals surface area contributed by atoms with Gasteiger partial charge in [-0.1, -0.05) is 54.6 Å². The maximum atomic E-state index is 14.7. The zero-order valence-electron chi connectivity index (χ0n) is 18.5. The van der Waals surface area contributed by atoms with Gasteiger partial charge in [0.25, 0.3) is 0 Å². The molecular formula is C26H28FN3O3. The van der Waals surface area contributed by atoms with E-state index in [0.29, 0.717) is 24.3 Å². The fourth-order valence-corrected chi connectivity index (χ4v) is 3.66. The molecule has 0 spiro atoms. The number of ether oxygens (including phenoxy) is 2. The third kappa shape index (κ3) is 6.84. The molecule has 0 radical (unpaired) electrons. The van der Waals surface area contributed by atoms with Crippen molar-refractivity contribution in [1.82, 2.24) is 15.2 Å². The Morgan fingerprint density at radius 2 is 1.82 bits per heavy atom. The summed E-state index contributed by atoms with van der Waals surface area (Å²) >= 11 is 0. The molecule has 1 saturated heterocycles. The number of carbonyl (C=O) groups excluding carboxylic acids is 1. The van der Waals surface area contributed by atoms with Crippen molar-refractivity contribution in [3.8, 4) is 17.0 Å². The van der Waals surface area contributed by atoms with Gasteiger partial charge in [-0.05, 0) is 16.7 Å². The quantitative estimate of drug-likeness (QED) is 0.542. The first-order valence-corrected chi connectivity index (χ1v) is 11.2. The highest BCUT2D eigenvalue weighted by Crippen LogP contribution is 2.25. The third-order valence-electron chi connectivity index (χ3n) is 5.55. The number of morpholine rings is 1. The fourth-order valence-electron chi connectivity index (χ4n) is 3.66. The summed E-state index contributed by atoms with van der Waals surface area (Å²) in [5.41, 5.74) is 3.02. The number of hydrogen-bond acceptors (Lipinski definition) is 5. The van der Waals surface area contributed by atoms with Gasteiger partial charge in [0.05, 0.1) is 19.6 Å². The number of pyridine rings is 1. The second kappa shape index (κ2) is 11.5. The number of aromatic nitrogens is 1.